The molecule has 1 aromatic carbocycles. The van der Waals surface area contributed by atoms with Gasteiger partial charge in [0.2, 0.25) is 23.6 Å². The molecule has 252 valence electrons. The molecule has 3 saturated heterocycles. The minimum Gasteiger partial charge on any atom is -0.378 e. The highest BCUT2D eigenvalue weighted by atomic mass is 16.6. The molecule has 0 bridgehead atoms. The van der Waals surface area contributed by atoms with Crippen LogP contribution in [0.1, 0.15) is 62.6 Å². The molecule has 0 aliphatic carbocycles. The number of anilines is 3. The van der Waals surface area contributed by atoms with Crippen molar-refractivity contribution in [2.24, 2.45) is 0 Å². The number of hydrogen-bond acceptors (Lipinski definition) is 10. The van der Waals surface area contributed by atoms with Gasteiger partial charge in [-0.1, -0.05) is 24.6 Å². The summed E-state index contributed by atoms with van der Waals surface area (Å²) >= 11 is 0. The molecule has 0 unspecified atom stereocenters. The number of nitrogens with zero attached hydrogens (tertiary/aromatic N) is 7. The second-order valence-electron chi connectivity index (χ2n) is 13.0. The van der Waals surface area contributed by atoms with Crippen LogP contribution in [-0.2, 0) is 16.1 Å². The molecule has 47 heavy (non-hydrogen) atoms. The molecule has 4 aliphatic rings. The molecule has 5 heterocycles. The second kappa shape index (κ2) is 14.1. The van der Waals surface area contributed by atoms with Crippen molar-refractivity contribution in [3.05, 3.63) is 45.6 Å². The first-order valence-corrected chi connectivity index (χ1v) is 16.7. The number of hydrogen-bond donors (Lipinski definition) is 3. The number of nitrogens with one attached hydrogen (secondary N) is 2. The molecule has 15 heteroatoms. The summed E-state index contributed by atoms with van der Waals surface area (Å²) in [6, 6.07) is 7.08. The zero-order chi connectivity index (χ0) is 33.1. The van der Waals surface area contributed by atoms with Gasteiger partial charge in [-0.25, -0.2) is 9.78 Å². The summed E-state index contributed by atoms with van der Waals surface area (Å²) in [5.74, 6) is -0.768. The van der Waals surface area contributed by atoms with Gasteiger partial charge in [-0.3, -0.25) is 19.7 Å². The summed E-state index contributed by atoms with van der Waals surface area (Å²) < 4.78 is 0. The van der Waals surface area contributed by atoms with Crippen LogP contribution in [0.4, 0.5) is 27.9 Å². The third-order valence-corrected chi connectivity index (χ3v) is 10.0. The van der Waals surface area contributed by atoms with E-state index in [0.29, 0.717) is 51.6 Å². The first kappa shape index (κ1) is 32.4. The van der Waals surface area contributed by atoms with Crippen LogP contribution in [0.3, 0.4) is 0 Å². The van der Waals surface area contributed by atoms with E-state index >= 15 is 0 Å². The number of nitrogens with two attached hydrogens (primary N) is 1. The quantitative estimate of drug-likeness (QED) is 0.284. The average molecular weight is 649 g/mol. The van der Waals surface area contributed by atoms with Gasteiger partial charge in [-0.05, 0) is 70.2 Å². The van der Waals surface area contributed by atoms with E-state index in [-0.39, 0.29) is 53.5 Å². The molecule has 0 radical (unpaired) electrons. The van der Waals surface area contributed by atoms with E-state index in [0.717, 1.165) is 37.2 Å². The van der Waals surface area contributed by atoms with E-state index in [2.05, 4.69) is 25.5 Å². The Morgan fingerprint density at radius 2 is 1.66 bits per heavy atom. The Hall–Kier alpha value is -4.53. The normalized spacial score (nSPS) is 20.4. The van der Waals surface area contributed by atoms with Gasteiger partial charge < -0.3 is 36.0 Å². The summed E-state index contributed by atoms with van der Waals surface area (Å²) in [5.41, 5.74) is 7.46. The maximum atomic E-state index is 14.0. The van der Waals surface area contributed by atoms with E-state index in [9.17, 15) is 24.5 Å². The lowest BCUT2D eigenvalue weighted by atomic mass is 9.98. The Balaban J connectivity index is 1.11. The predicted octanol–water partition coefficient (Wildman–Crippen LogP) is 2.96. The molecule has 1 aromatic heterocycles. The molecule has 4 amide bonds. The van der Waals surface area contributed by atoms with Gasteiger partial charge >= 0.3 is 11.7 Å². The van der Waals surface area contributed by atoms with Crippen molar-refractivity contribution in [3.63, 3.8) is 0 Å². The highest BCUT2D eigenvalue weighted by Crippen LogP contribution is 2.29. The van der Waals surface area contributed by atoms with Crippen molar-refractivity contribution in [2.45, 2.75) is 83.0 Å². The van der Waals surface area contributed by atoms with Gasteiger partial charge in [0.25, 0.3) is 0 Å². The van der Waals surface area contributed by atoms with E-state index in [1.807, 2.05) is 29.2 Å². The molecule has 1 atom stereocenters. The third kappa shape index (κ3) is 7.24. The van der Waals surface area contributed by atoms with E-state index in [1.54, 1.807) is 9.80 Å². The van der Waals surface area contributed by atoms with Gasteiger partial charge in [0, 0.05) is 50.5 Å². The Morgan fingerprint density at radius 1 is 1.00 bits per heavy atom. The summed E-state index contributed by atoms with van der Waals surface area (Å²) in [4.78, 5) is 67.5. The number of carbonyl (C=O) groups is 3. The van der Waals surface area contributed by atoms with Crippen LogP contribution in [0.15, 0.2) is 24.3 Å². The van der Waals surface area contributed by atoms with Crippen molar-refractivity contribution in [2.75, 3.05) is 55.6 Å². The second-order valence-corrected chi connectivity index (χ2v) is 13.0. The Morgan fingerprint density at radius 3 is 2.34 bits per heavy atom. The van der Waals surface area contributed by atoms with Crippen molar-refractivity contribution in [1.82, 2.24) is 29.6 Å². The fourth-order valence-corrected chi connectivity index (χ4v) is 7.44. The molecular formula is C32H44N10O5. The Labute approximate surface area is 274 Å². The molecule has 0 saturated carbocycles. The predicted molar refractivity (Wildman–Crippen MR) is 175 cm³/mol. The lowest BCUT2D eigenvalue weighted by Crippen LogP contribution is -2.53. The Bertz CT molecular complexity index is 1480. The fourth-order valence-electron chi connectivity index (χ4n) is 7.44. The van der Waals surface area contributed by atoms with Gasteiger partial charge in [-0.2, -0.15) is 4.98 Å². The number of benzene rings is 1. The maximum absolute atomic E-state index is 14.0. The molecule has 15 nitrogen and oxygen atoms in total. The molecule has 4 N–H and O–H groups in total. The van der Waals surface area contributed by atoms with Crippen molar-refractivity contribution in [1.29, 1.82) is 0 Å². The molecule has 2 aromatic rings. The van der Waals surface area contributed by atoms with Crippen LogP contribution < -0.4 is 16.4 Å². The van der Waals surface area contributed by atoms with Crippen LogP contribution in [0.5, 0.6) is 0 Å². The summed E-state index contributed by atoms with van der Waals surface area (Å²) in [6.45, 7) is 6.26. The van der Waals surface area contributed by atoms with Crippen molar-refractivity contribution >= 4 is 41.0 Å². The van der Waals surface area contributed by atoms with Gasteiger partial charge in [0.05, 0.1) is 11.3 Å². The number of aromatic nitrogens is 2. The summed E-state index contributed by atoms with van der Waals surface area (Å²) in [7, 11) is 0. The number of rotatable bonds is 8. The average Bonchev–Trinajstić information content (AvgIpc) is 3.07. The number of piperidine rings is 3. The van der Waals surface area contributed by atoms with Gasteiger partial charge in [0.15, 0.2) is 0 Å². The van der Waals surface area contributed by atoms with Crippen LogP contribution in [0, 0.1) is 17.0 Å². The molecule has 4 aliphatic heterocycles. The number of aryl methyl sites for hydroxylation is 1. The van der Waals surface area contributed by atoms with E-state index < -0.39 is 11.0 Å². The lowest BCUT2D eigenvalue weighted by Gasteiger charge is -2.41. The molecule has 3 fully saturated rings. The standard InChI is InChI=1S/C32H44N10O5/c1-21-28(42(46)47)29(33)37-31(34-21)35-26(30(44)40-17-9-23(10-18-40)38-13-5-2-6-14-38)19-27(43)39-15-11-24(12-16-39)41-20-22-7-3-4-8-25(22)36-32(41)45/h3-4,7-8,23-24,26H,2,5-6,9-20H2,1H3,(H,36,45)(H3,33,34,35,37)/t26-/m0/s1. The summed E-state index contributed by atoms with van der Waals surface area (Å²) in [5, 5.41) is 17.4. The number of likely N-dealkylation sites (tertiary alicyclic amines) is 3. The maximum Gasteiger partial charge on any atom is 0.332 e. The number of fused-ring (bicyclic) bond motifs is 1. The highest BCUT2D eigenvalue weighted by Gasteiger charge is 2.36. The summed E-state index contributed by atoms with van der Waals surface area (Å²) in [6.07, 6.45) is 6.54. The smallest absolute Gasteiger partial charge is 0.332 e. The third-order valence-electron chi connectivity index (χ3n) is 10.0. The van der Waals surface area contributed by atoms with Gasteiger partial charge in [0.1, 0.15) is 11.7 Å². The van der Waals surface area contributed by atoms with Crippen LogP contribution in [0.2, 0.25) is 0 Å². The van der Waals surface area contributed by atoms with Crippen LogP contribution >= 0.6 is 0 Å². The number of urea groups is 1. The topological polar surface area (TPSA) is 183 Å². The van der Waals surface area contributed by atoms with Crippen molar-refractivity contribution in [3.8, 4) is 0 Å². The minimum atomic E-state index is -0.976. The first-order valence-electron chi connectivity index (χ1n) is 16.7. The SMILES string of the molecule is Cc1nc(N[C@@H](CC(=O)N2CCC(N3Cc4ccccc4NC3=O)CC2)C(=O)N2CCC(N3CCCCC3)CC2)nc(N)c1[N+](=O)[O-]. The van der Waals surface area contributed by atoms with E-state index in [1.165, 1.54) is 26.2 Å². The number of carbonyl (C=O) groups excluding carboxylic acids is 3. The fraction of sp³-hybridized carbons (Fsp3) is 0.594. The number of amides is 4. The first-order chi connectivity index (χ1) is 22.7. The molecular weight excluding hydrogens is 604 g/mol. The van der Waals surface area contributed by atoms with Crippen molar-refractivity contribution < 1.29 is 19.3 Å². The molecule has 0 spiro atoms. The number of nitro groups is 1. The van der Waals surface area contributed by atoms with Gasteiger partial charge in [-0.15, -0.1) is 0 Å². The van der Waals surface area contributed by atoms with E-state index in [4.69, 9.17) is 5.73 Å². The zero-order valence-electron chi connectivity index (χ0n) is 26.9. The Kier molecular flexibility index (Phi) is 9.71. The number of nitrogen functional groups attached to an aromatic ring is 1. The largest absolute Gasteiger partial charge is 0.378 e. The number of para-hydroxylation sites is 1. The lowest BCUT2D eigenvalue weighted by molar-refractivity contribution is -0.385. The zero-order valence-corrected chi connectivity index (χ0v) is 26.9. The monoisotopic (exact) mass is 648 g/mol. The minimum absolute atomic E-state index is 0.0105. The van der Waals surface area contributed by atoms with Crippen LogP contribution in [-0.4, -0.2) is 110 Å². The van der Waals surface area contributed by atoms with Crippen LogP contribution in [0.25, 0.3) is 0 Å². The highest BCUT2D eigenvalue weighted by molar-refractivity contribution is 5.93. The molecule has 6 rings (SSSR count).